The van der Waals surface area contributed by atoms with Gasteiger partial charge in [0.2, 0.25) is 0 Å². The summed E-state index contributed by atoms with van der Waals surface area (Å²) in [6, 6.07) is 4.57. The third-order valence-corrected chi connectivity index (χ3v) is 2.94. The molecule has 0 spiro atoms. The summed E-state index contributed by atoms with van der Waals surface area (Å²) in [5, 5.41) is 3.46. The van der Waals surface area contributed by atoms with Gasteiger partial charge < -0.3 is 11.1 Å². The largest absolute Gasteiger partial charge is 0.384 e. The normalized spacial score (nSPS) is 13.6. The second-order valence-electron chi connectivity index (χ2n) is 5.59. The number of aromatic nitrogens is 1. The number of hydrogen-bond acceptors (Lipinski definition) is 3. The van der Waals surface area contributed by atoms with Crippen molar-refractivity contribution in [3.8, 4) is 0 Å². The first-order valence-corrected chi connectivity index (χ1v) is 6.37. The van der Waals surface area contributed by atoms with Crippen LogP contribution in [-0.2, 0) is 6.42 Å². The van der Waals surface area contributed by atoms with Crippen LogP contribution < -0.4 is 11.1 Å². The molecule has 0 fully saturated rings. The van der Waals surface area contributed by atoms with Crippen LogP contribution in [0, 0.1) is 5.41 Å². The molecule has 3 N–H and O–H groups in total. The maximum absolute atomic E-state index is 5.70. The predicted octanol–water partition coefficient (Wildman–Crippen LogP) is 2.62. The zero-order chi connectivity index (χ0) is 12.9. The van der Waals surface area contributed by atoms with Crippen molar-refractivity contribution < 1.29 is 0 Å². The number of pyridine rings is 1. The number of hydrogen-bond donors (Lipinski definition) is 2. The average molecular weight is 235 g/mol. The van der Waals surface area contributed by atoms with Gasteiger partial charge >= 0.3 is 0 Å². The molecule has 0 bridgehead atoms. The molecule has 1 aromatic heterocycles. The Balaban J connectivity index is 2.59. The highest BCUT2D eigenvalue weighted by Gasteiger charge is 2.21. The number of nitrogens with two attached hydrogens (primary N) is 1. The van der Waals surface area contributed by atoms with E-state index in [0.29, 0.717) is 11.9 Å². The minimum atomic E-state index is 0.273. The van der Waals surface area contributed by atoms with Gasteiger partial charge in [0.25, 0.3) is 0 Å². The van der Waals surface area contributed by atoms with Crippen molar-refractivity contribution in [2.45, 2.75) is 46.6 Å². The third-order valence-electron chi connectivity index (χ3n) is 2.94. The fraction of sp³-hybridized carbons (Fsp3) is 0.643. The Morgan fingerprint density at radius 2 is 2.18 bits per heavy atom. The maximum atomic E-state index is 5.70. The predicted molar refractivity (Wildman–Crippen MR) is 73.9 cm³/mol. The minimum absolute atomic E-state index is 0.273. The van der Waals surface area contributed by atoms with Crippen molar-refractivity contribution in [2.75, 3.05) is 12.3 Å². The van der Waals surface area contributed by atoms with Crippen LogP contribution >= 0.6 is 0 Å². The maximum Gasteiger partial charge on any atom is 0.123 e. The van der Waals surface area contributed by atoms with Gasteiger partial charge in [-0.3, -0.25) is 0 Å². The summed E-state index contributed by atoms with van der Waals surface area (Å²) in [7, 11) is 0. The van der Waals surface area contributed by atoms with E-state index in [-0.39, 0.29) is 5.41 Å². The lowest BCUT2D eigenvalue weighted by Crippen LogP contribution is -2.32. The van der Waals surface area contributed by atoms with E-state index in [2.05, 4.69) is 44.1 Å². The van der Waals surface area contributed by atoms with Crippen molar-refractivity contribution in [1.82, 2.24) is 10.3 Å². The van der Waals surface area contributed by atoms with E-state index in [1.807, 2.05) is 6.07 Å². The molecule has 0 aliphatic carbocycles. The van der Waals surface area contributed by atoms with Crippen LogP contribution in [0.25, 0.3) is 0 Å². The van der Waals surface area contributed by atoms with Gasteiger partial charge in [-0.25, -0.2) is 4.98 Å². The molecule has 0 saturated heterocycles. The van der Waals surface area contributed by atoms with Crippen LogP contribution in [0.2, 0.25) is 0 Å². The van der Waals surface area contributed by atoms with Gasteiger partial charge in [0, 0.05) is 12.2 Å². The Hall–Kier alpha value is -1.09. The van der Waals surface area contributed by atoms with Gasteiger partial charge in [-0.15, -0.1) is 0 Å². The number of rotatable bonds is 6. The van der Waals surface area contributed by atoms with Gasteiger partial charge in [-0.05, 0) is 49.4 Å². The average Bonchev–Trinajstić information content (AvgIpc) is 2.15. The van der Waals surface area contributed by atoms with Crippen LogP contribution in [0.5, 0.6) is 0 Å². The summed E-state index contributed by atoms with van der Waals surface area (Å²) >= 11 is 0. The molecule has 17 heavy (non-hydrogen) atoms. The lowest BCUT2D eigenvalue weighted by Gasteiger charge is -2.28. The van der Waals surface area contributed by atoms with Crippen LogP contribution in [0.4, 0.5) is 5.82 Å². The molecule has 3 heteroatoms. The van der Waals surface area contributed by atoms with E-state index in [9.17, 15) is 0 Å². The summed E-state index contributed by atoms with van der Waals surface area (Å²) in [5.41, 5.74) is 7.25. The van der Waals surface area contributed by atoms with E-state index < -0.39 is 0 Å². The molecular formula is C14H25N3. The fourth-order valence-electron chi connectivity index (χ4n) is 2.48. The molecule has 0 aliphatic rings. The Labute approximate surface area is 105 Å². The topological polar surface area (TPSA) is 50.9 Å². The zero-order valence-corrected chi connectivity index (χ0v) is 11.5. The molecule has 0 aliphatic heterocycles. The van der Waals surface area contributed by atoms with Gasteiger partial charge in [0.15, 0.2) is 0 Å². The van der Waals surface area contributed by atoms with E-state index in [0.717, 1.165) is 19.4 Å². The summed E-state index contributed by atoms with van der Waals surface area (Å²) in [6.45, 7) is 10.0. The highest BCUT2D eigenvalue weighted by molar-refractivity contribution is 5.32. The van der Waals surface area contributed by atoms with Crippen LogP contribution in [0.3, 0.4) is 0 Å². The first-order valence-electron chi connectivity index (χ1n) is 6.37. The summed E-state index contributed by atoms with van der Waals surface area (Å²) in [4.78, 5) is 4.03. The van der Waals surface area contributed by atoms with E-state index in [1.165, 1.54) is 5.56 Å². The van der Waals surface area contributed by atoms with Crippen molar-refractivity contribution >= 4 is 5.82 Å². The molecule has 1 rings (SSSR count). The molecule has 3 nitrogen and oxygen atoms in total. The summed E-state index contributed by atoms with van der Waals surface area (Å²) < 4.78 is 0. The number of anilines is 1. The molecule has 0 aromatic carbocycles. The monoisotopic (exact) mass is 235 g/mol. The minimum Gasteiger partial charge on any atom is -0.384 e. The van der Waals surface area contributed by atoms with Gasteiger partial charge in [0.1, 0.15) is 5.82 Å². The molecule has 1 atom stereocenters. The first-order chi connectivity index (χ1) is 7.93. The number of nitrogen functional groups attached to an aromatic ring is 1. The Bertz CT molecular complexity index is 347. The van der Waals surface area contributed by atoms with Crippen molar-refractivity contribution in [2.24, 2.45) is 5.41 Å². The quantitative estimate of drug-likeness (QED) is 0.797. The standard InChI is InChI=1S/C14H25N3/c1-5-16-11(2)9-14(3,4)10-12-6-7-17-13(15)8-12/h6-8,11,16H,5,9-10H2,1-4H3,(H2,15,17). The molecule has 1 aromatic rings. The molecular weight excluding hydrogens is 210 g/mol. The lowest BCUT2D eigenvalue weighted by atomic mass is 9.80. The van der Waals surface area contributed by atoms with Gasteiger partial charge in [0.05, 0.1) is 0 Å². The lowest BCUT2D eigenvalue weighted by molar-refractivity contribution is 0.289. The van der Waals surface area contributed by atoms with Crippen molar-refractivity contribution in [3.63, 3.8) is 0 Å². The molecule has 0 amide bonds. The van der Waals surface area contributed by atoms with E-state index >= 15 is 0 Å². The highest BCUT2D eigenvalue weighted by Crippen LogP contribution is 2.27. The highest BCUT2D eigenvalue weighted by atomic mass is 14.9. The molecule has 96 valence electrons. The fourth-order valence-corrected chi connectivity index (χ4v) is 2.48. The Morgan fingerprint density at radius 1 is 1.47 bits per heavy atom. The van der Waals surface area contributed by atoms with Crippen molar-refractivity contribution in [3.05, 3.63) is 23.9 Å². The zero-order valence-electron chi connectivity index (χ0n) is 11.5. The van der Waals surface area contributed by atoms with Crippen molar-refractivity contribution in [1.29, 1.82) is 0 Å². The van der Waals surface area contributed by atoms with Crippen LogP contribution in [-0.4, -0.2) is 17.6 Å². The third kappa shape index (κ3) is 5.18. The molecule has 0 radical (unpaired) electrons. The smallest absolute Gasteiger partial charge is 0.123 e. The summed E-state index contributed by atoms with van der Waals surface area (Å²) in [6.07, 6.45) is 3.98. The second kappa shape index (κ2) is 6.01. The van der Waals surface area contributed by atoms with Crippen LogP contribution in [0.15, 0.2) is 18.3 Å². The SMILES string of the molecule is CCNC(C)CC(C)(C)Cc1ccnc(N)c1. The molecule has 1 heterocycles. The van der Waals surface area contributed by atoms with E-state index in [1.54, 1.807) is 6.20 Å². The van der Waals surface area contributed by atoms with E-state index in [4.69, 9.17) is 5.73 Å². The van der Waals surface area contributed by atoms with Gasteiger partial charge in [-0.1, -0.05) is 20.8 Å². The Morgan fingerprint density at radius 3 is 2.76 bits per heavy atom. The Kier molecular flexibility index (Phi) is 4.94. The molecule has 1 unspecified atom stereocenters. The summed E-state index contributed by atoms with van der Waals surface area (Å²) in [5.74, 6) is 0.609. The molecule has 0 saturated carbocycles. The second-order valence-corrected chi connectivity index (χ2v) is 5.59. The number of nitrogens with one attached hydrogen (secondary N) is 1. The first kappa shape index (κ1) is 14.0. The van der Waals surface area contributed by atoms with Crippen LogP contribution in [0.1, 0.15) is 39.7 Å². The van der Waals surface area contributed by atoms with Gasteiger partial charge in [-0.2, -0.15) is 0 Å². The number of nitrogens with zero attached hydrogens (tertiary/aromatic N) is 1.